The maximum Gasteiger partial charge on any atom is 0.281 e. The second-order valence-corrected chi connectivity index (χ2v) is 12.6. The summed E-state index contributed by atoms with van der Waals surface area (Å²) >= 11 is -2.06. The van der Waals surface area contributed by atoms with Gasteiger partial charge >= 0.3 is 135 Å². The third kappa shape index (κ3) is 8.62. The molecule has 0 fully saturated rings. The van der Waals surface area contributed by atoms with Crippen molar-refractivity contribution < 1.29 is 36.1 Å². The molecule has 0 spiro atoms. The topological polar surface area (TPSA) is 85.3 Å². The van der Waals surface area contributed by atoms with Crippen LogP contribution in [0.4, 0.5) is 0 Å². The molecule has 3 aromatic carbocycles. The standard InChI is InChI=1S/C7H7.2C6H5.4CO.Fe.H2OP/c1-7-5-3-2-4-6-7;2*1-2-4-6-5-3-1;4*1-2;;1-2/h2-6H,1H2;2*1-5H;;;;;;2H2/q;;;;;;;-1;+1. The molecule has 30 heavy (non-hydrogen) atoms. The SMILES string of the molecule is O=[PH2][Fe]([CH2]c1ccccc1)([c]1ccccc1)[c]1ccccc1.[C]=O.[C]=O.[C]=O.[C]=O. The van der Waals surface area contributed by atoms with Crippen molar-refractivity contribution in [2.24, 2.45) is 0 Å². The van der Waals surface area contributed by atoms with Crippen molar-refractivity contribution in [1.29, 1.82) is 0 Å². The number of hydrogen-bond acceptors (Lipinski definition) is 5. The first-order chi connectivity index (χ1) is 14.8. The van der Waals surface area contributed by atoms with Crippen LogP contribution in [0.1, 0.15) is 5.56 Å². The van der Waals surface area contributed by atoms with E-state index in [2.05, 4.69) is 100.0 Å². The van der Waals surface area contributed by atoms with Gasteiger partial charge in [-0.25, -0.2) is 0 Å². The van der Waals surface area contributed by atoms with Crippen LogP contribution in [0, 0.1) is 0 Å². The fraction of sp³-hybridized carbons (Fsp3) is 0.0435. The second kappa shape index (κ2) is 19.4. The Morgan fingerprint density at radius 1 is 0.533 bits per heavy atom. The van der Waals surface area contributed by atoms with E-state index in [0.717, 1.165) is 5.32 Å². The fourth-order valence-electron chi connectivity index (χ4n) is 2.42. The quantitative estimate of drug-likeness (QED) is 0.428. The van der Waals surface area contributed by atoms with E-state index in [1.807, 2.05) is 18.2 Å². The minimum Gasteiger partial charge on any atom is -0.281 e. The van der Waals surface area contributed by atoms with E-state index in [0.29, 0.717) is 0 Å². The van der Waals surface area contributed by atoms with Crippen LogP contribution in [0.25, 0.3) is 0 Å². The van der Waals surface area contributed by atoms with Crippen LogP contribution in [0.5, 0.6) is 0 Å². The third-order valence-electron chi connectivity index (χ3n) is 3.51. The van der Waals surface area contributed by atoms with Gasteiger partial charge in [-0.3, -0.25) is 19.2 Å². The molecule has 0 N–H and O–H groups in total. The minimum atomic E-state index is -2.06. The van der Waals surface area contributed by atoms with Crippen molar-refractivity contribution in [3.05, 3.63) is 96.6 Å². The zero-order valence-corrected chi connectivity index (χ0v) is 18.1. The first-order valence-corrected chi connectivity index (χ1v) is 12.6. The van der Waals surface area contributed by atoms with E-state index in [4.69, 9.17) is 19.2 Å². The molecule has 0 aliphatic carbocycles. The van der Waals surface area contributed by atoms with Gasteiger partial charge in [0.15, 0.2) is 0 Å². The normalized spacial score (nSPS) is 9.73. The van der Waals surface area contributed by atoms with Gasteiger partial charge in [0.05, 0.1) is 0 Å². The van der Waals surface area contributed by atoms with Gasteiger partial charge in [-0.05, 0) is 0 Å². The van der Waals surface area contributed by atoms with Gasteiger partial charge in [-0.15, -0.1) is 0 Å². The van der Waals surface area contributed by atoms with E-state index >= 15 is 0 Å². The Labute approximate surface area is 181 Å². The summed E-state index contributed by atoms with van der Waals surface area (Å²) in [7, 11) is -0.885. The predicted molar refractivity (Wildman–Crippen MR) is 115 cm³/mol. The Morgan fingerprint density at radius 2 is 0.833 bits per heavy atom. The van der Waals surface area contributed by atoms with E-state index in [-0.39, 0.29) is 0 Å². The van der Waals surface area contributed by atoms with E-state index < -0.39 is 19.6 Å². The van der Waals surface area contributed by atoms with Crippen molar-refractivity contribution in [1.82, 2.24) is 0 Å². The molecule has 5 nitrogen and oxygen atoms in total. The molecule has 0 aromatic heterocycles. The van der Waals surface area contributed by atoms with E-state index in [9.17, 15) is 4.57 Å². The van der Waals surface area contributed by atoms with Crippen LogP contribution in [-0.2, 0) is 41.5 Å². The molecule has 3 rings (SSSR count). The molecule has 0 heterocycles. The second-order valence-electron chi connectivity index (χ2n) is 4.94. The van der Waals surface area contributed by atoms with Crippen LogP contribution in [0.2, 0.25) is 0 Å². The number of carbonyl (C=O) groups excluding carboxylic acids is 4. The van der Waals surface area contributed by atoms with Crippen molar-refractivity contribution in [3.8, 4) is 0 Å². The molecule has 0 amide bonds. The summed E-state index contributed by atoms with van der Waals surface area (Å²) < 4.78 is 15.0. The molecule has 0 bridgehead atoms. The summed E-state index contributed by atoms with van der Waals surface area (Å²) in [6, 6.07) is 31.2. The minimum absolute atomic E-state index is 0.876. The molecular weight excluding hydrogens is 443 g/mol. The number of rotatable bonds is 5. The predicted octanol–water partition coefficient (Wildman–Crippen LogP) is 2.07. The van der Waals surface area contributed by atoms with Crippen LogP contribution >= 0.6 is 7.15 Å². The molecule has 1 unspecified atom stereocenters. The summed E-state index contributed by atoms with van der Waals surface area (Å²) in [6.45, 7) is 18.0. The summed E-state index contributed by atoms with van der Waals surface area (Å²) in [6.07, 6.45) is 0. The van der Waals surface area contributed by atoms with Crippen molar-refractivity contribution in [2.45, 2.75) is 5.32 Å². The molecule has 0 saturated heterocycles. The molecule has 8 radical (unpaired) electrons. The zero-order chi connectivity index (χ0) is 23.3. The Bertz CT molecular complexity index is 756. The first kappa shape index (κ1) is 29.3. The molecule has 154 valence electrons. The van der Waals surface area contributed by atoms with Crippen LogP contribution in [0.15, 0.2) is 91.0 Å². The van der Waals surface area contributed by atoms with Gasteiger partial charge in [0.1, 0.15) is 0 Å². The number of benzene rings is 3. The molecular formula is C23H19FeO5P. The van der Waals surface area contributed by atoms with Gasteiger partial charge in [0.2, 0.25) is 0 Å². The largest absolute Gasteiger partial charge is 0.281 e. The van der Waals surface area contributed by atoms with Crippen LogP contribution < -0.4 is 8.92 Å². The van der Waals surface area contributed by atoms with Crippen LogP contribution in [-0.4, -0.2) is 27.2 Å². The van der Waals surface area contributed by atoms with Gasteiger partial charge in [0.25, 0.3) is 27.2 Å². The Kier molecular flexibility index (Phi) is 18.9. The van der Waals surface area contributed by atoms with E-state index in [1.165, 1.54) is 14.5 Å². The summed E-state index contributed by atoms with van der Waals surface area (Å²) in [4.78, 5) is 30.0. The zero-order valence-electron chi connectivity index (χ0n) is 15.8. The van der Waals surface area contributed by atoms with Gasteiger partial charge < -0.3 is 0 Å². The number of hydrogen-bond donors (Lipinski definition) is 0. The molecule has 0 saturated carbocycles. The Balaban J connectivity index is 0. The van der Waals surface area contributed by atoms with Crippen molar-refractivity contribution in [3.63, 3.8) is 0 Å². The summed E-state index contributed by atoms with van der Waals surface area (Å²) in [5.41, 5.74) is 1.26. The van der Waals surface area contributed by atoms with Gasteiger partial charge in [0, 0.05) is 0 Å². The average molecular weight is 462 g/mol. The Morgan fingerprint density at radius 3 is 1.13 bits per heavy atom. The first-order valence-electron chi connectivity index (χ1n) is 7.95. The van der Waals surface area contributed by atoms with Gasteiger partial charge in [-0.2, -0.15) is 0 Å². The molecule has 0 aliphatic heterocycles. The summed E-state index contributed by atoms with van der Waals surface area (Å²) in [5, 5.41) is 0.876. The third-order valence-corrected chi connectivity index (χ3v) is 11.7. The average Bonchev–Trinajstić information content (AvgIpc) is 2.89. The monoisotopic (exact) mass is 462 g/mol. The smallest absolute Gasteiger partial charge is 0.281 e. The maximum atomic E-state index is 12.5. The maximum absolute atomic E-state index is 12.5. The van der Waals surface area contributed by atoms with Crippen molar-refractivity contribution >= 4 is 43.2 Å². The molecule has 0 aliphatic rings. The van der Waals surface area contributed by atoms with Crippen LogP contribution in [0.3, 0.4) is 0 Å². The Hall–Kier alpha value is -2.91. The molecule has 3 aromatic rings. The van der Waals surface area contributed by atoms with Crippen molar-refractivity contribution in [2.75, 3.05) is 0 Å². The molecule has 1 atom stereocenters. The fourth-order valence-corrected chi connectivity index (χ4v) is 9.18. The summed E-state index contributed by atoms with van der Waals surface area (Å²) in [5.74, 6) is 0. The van der Waals surface area contributed by atoms with E-state index in [1.54, 1.807) is 0 Å². The van der Waals surface area contributed by atoms with Gasteiger partial charge in [-0.1, -0.05) is 0 Å². The molecule has 7 heteroatoms.